The Bertz CT molecular complexity index is 5020. The zero-order valence-corrected chi connectivity index (χ0v) is 47.1. The average molecular weight is 1080 g/mol. The molecule has 0 spiro atoms. The van der Waals surface area contributed by atoms with Crippen molar-refractivity contribution in [3.05, 3.63) is 290 Å². The van der Waals surface area contributed by atoms with Gasteiger partial charge in [-0.1, -0.05) is 257 Å². The van der Waals surface area contributed by atoms with Crippen molar-refractivity contribution in [3.8, 4) is 44.5 Å². The van der Waals surface area contributed by atoms with E-state index in [0.717, 1.165) is 128 Å². The minimum atomic E-state index is -0.793. The Morgan fingerprint density at radius 3 is 1.52 bits per heavy atom. The van der Waals surface area contributed by atoms with Gasteiger partial charge in [-0.2, -0.15) is 0 Å². The summed E-state index contributed by atoms with van der Waals surface area (Å²) in [5.74, 6) is 1.27. The van der Waals surface area contributed by atoms with Crippen molar-refractivity contribution in [2.75, 3.05) is 9.80 Å². The summed E-state index contributed by atoms with van der Waals surface area (Å²) in [4.78, 5) is 5.20. The van der Waals surface area contributed by atoms with E-state index in [1.165, 1.54) is 27.1 Å². The molecule has 16 rings (SSSR count). The molecule has 4 heteroatoms. The van der Waals surface area contributed by atoms with Crippen molar-refractivity contribution in [1.29, 1.82) is 0 Å². The third kappa shape index (κ3) is 7.89. The first-order chi connectivity index (χ1) is 41.4. The molecule has 13 aromatic carbocycles. The summed E-state index contributed by atoms with van der Waals surface area (Å²) in [6, 6.07) is 97.9. The standard InChI is InChI=1S/C80H58N2O2/c1-51(2)60-46-58-39-43-67-71(81(69-34-20-32-65-63-30-16-18-35-74(63)83-78(65)69)70-48-56(52-22-8-4-9-23-52)37-41-61(70)54-26-12-6-13-27-54)50-73(68-44-40-59(47-60)76(58)77(67)68)82(80(3)45-21-33-66-64-31-17-19-36-75(64)84-79(66)80)72-49-57(53-24-10-5-11-25-53)38-42-62(72)55-28-14-7-15-29-55/h4-44,46-51H,45H2,1-3H3. The highest BCUT2D eigenvalue weighted by atomic mass is 16.3. The molecule has 4 nitrogen and oxygen atoms in total. The minimum Gasteiger partial charge on any atom is -0.458 e. The molecule has 0 amide bonds. The second-order valence-corrected chi connectivity index (χ2v) is 23.1. The molecular formula is C80H58N2O2. The molecule has 1 unspecified atom stereocenters. The van der Waals surface area contributed by atoms with Crippen molar-refractivity contribution >= 4 is 99.7 Å². The van der Waals surface area contributed by atoms with Crippen LogP contribution in [0.1, 0.15) is 50.0 Å². The zero-order chi connectivity index (χ0) is 56.0. The fourth-order valence-corrected chi connectivity index (χ4v) is 13.7. The van der Waals surface area contributed by atoms with Gasteiger partial charge < -0.3 is 18.6 Å². The first-order valence-corrected chi connectivity index (χ1v) is 29.3. The number of furan rings is 2. The minimum absolute atomic E-state index is 0.340. The van der Waals surface area contributed by atoms with Crippen LogP contribution in [0, 0.1) is 0 Å². The molecule has 0 fully saturated rings. The lowest BCUT2D eigenvalue weighted by atomic mass is 9.82. The predicted molar refractivity (Wildman–Crippen MR) is 354 cm³/mol. The molecule has 1 aliphatic carbocycles. The van der Waals surface area contributed by atoms with E-state index < -0.39 is 5.54 Å². The molecule has 0 bridgehead atoms. The highest BCUT2D eigenvalue weighted by molar-refractivity contribution is 6.29. The lowest BCUT2D eigenvalue weighted by Gasteiger charge is -2.45. The molecule has 0 saturated carbocycles. The Hall–Kier alpha value is -10.4. The fraction of sp³-hybridized carbons (Fsp3) is 0.0750. The van der Waals surface area contributed by atoms with Gasteiger partial charge in [0.2, 0.25) is 0 Å². The molecule has 1 aliphatic rings. The molecule has 2 heterocycles. The van der Waals surface area contributed by atoms with E-state index in [-0.39, 0.29) is 0 Å². The van der Waals surface area contributed by atoms with Gasteiger partial charge in [0.15, 0.2) is 5.58 Å². The van der Waals surface area contributed by atoms with Crippen molar-refractivity contribution < 1.29 is 8.83 Å². The molecule has 400 valence electrons. The van der Waals surface area contributed by atoms with E-state index in [4.69, 9.17) is 8.83 Å². The molecule has 0 aliphatic heterocycles. The van der Waals surface area contributed by atoms with E-state index in [1.807, 2.05) is 0 Å². The van der Waals surface area contributed by atoms with Gasteiger partial charge in [-0.05, 0) is 111 Å². The van der Waals surface area contributed by atoms with Crippen molar-refractivity contribution in [3.63, 3.8) is 0 Å². The van der Waals surface area contributed by atoms with Crippen molar-refractivity contribution in [2.45, 2.75) is 38.6 Å². The number of benzene rings is 13. The summed E-state index contributed by atoms with van der Waals surface area (Å²) in [7, 11) is 0. The van der Waals surface area contributed by atoms with Crippen molar-refractivity contribution in [1.82, 2.24) is 0 Å². The van der Waals surface area contributed by atoms with E-state index >= 15 is 0 Å². The molecule has 0 saturated heterocycles. The maximum atomic E-state index is 7.35. The van der Waals surface area contributed by atoms with E-state index in [1.54, 1.807) is 0 Å². The quantitative estimate of drug-likeness (QED) is 0.121. The molecule has 2 aromatic heterocycles. The Kier molecular flexibility index (Phi) is 11.6. The van der Waals surface area contributed by atoms with E-state index in [9.17, 15) is 0 Å². The monoisotopic (exact) mass is 1080 g/mol. The maximum Gasteiger partial charge on any atom is 0.159 e. The topological polar surface area (TPSA) is 32.8 Å². The number of nitrogens with zero attached hydrogens (tertiary/aromatic N) is 2. The Balaban J connectivity index is 1.10. The van der Waals surface area contributed by atoms with Crippen LogP contribution >= 0.6 is 0 Å². The molecule has 84 heavy (non-hydrogen) atoms. The van der Waals surface area contributed by atoms with Gasteiger partial charge in [-0.15, -0.1) is 0 Å². The molecule has 1 atom stereocenters. The summed E-state index contributed by atoms with van der Waals surface area (Å²) >= 11 is 0. The second kappa shape index (κ2) is 19.6. The summed E-state index contributed by atoms with van der Waals surface area (Å²) < 4.78 is 14.6. The molecular weight excluding hydrogens is 1020 g/mol. The van der Waals surface area contributed by atoms with Crippen LogP contribution in [0.4, 0.5) is 28.4 Å². The van der Waals surface area contributed by atoms with Crippen LogP contribution in [0.2, 0.25) is 0 Å². The van der Waals surface area contributed by atoms with Gasteiger partial charge in [-0.3, -0.25) is 0 Å². The van der Waals surface area contributed by atoms with E-state index in [0.29, 0.717) is 12.3 Å². The largest absolute Gasteiger partial charge is 0.458 e. The summed E-state index contributed by atoms with van der Waals surface area (Å²) in [5, 5.41) is 10.4. The summed E-state index contributed by atoms with van der Waals surface area (Å²) in [6.07, 6.45) is 5.31. The van der Waals surface area contributed by atoms with Gasteiger partial charge in [0, 0.05) is 49.0 Å². The van der Waals surface area contributed by atoms with Crippen LogP contribution in [-0.4, -0.2) is 0 Å². The first kappa shape index (κ1) is 49.4. The van der Waals surface area contributed by atoms with Crippen LogP contribution in [0.5, 0.6) is 0 Å². The fourth-order valence-electron chi connectivity index (χ4n) is 13.7. The van der Waals surface area contributed by atoms with Crippen LogP contribution in [0.25, 0.3) is 116 Å². The van der Waals surface area contributed by atoms with Crippen LogP contribution in [0.15, 0.2) is 282 Å². The van der Waals surface area contributed by atoms with Gasteiger partial charge >= 0.3 is 0 Å². The van der Waals surface area contributed by atoms with Gasteiger partial charge in [-0.25, -0.2) is 0 Å². The van der Waals surface area contributed by atoms with Gasteiger partial charge in [0.05, 0.1) is 28.4 Å². The zero-order valence-electron chi connectivity index (χ0n) is 47.1. The van der Waals surface area contributed by atoms with Crippen LogP contribution in [-0.2, 0) is 5.54 Å². The molecule has 0 N–H and O–H groups in total. The Labute approximate surface area is 488 Å². The summed E-state index contributed by atoms with van der Waals surface area (Å²) in [6.45, 7) is 6.99. The number of hydrogen-bond donors (Lipinski definition) is 0. The van der Waals surface area contributed by atoms with Crippen LogP contribution < -0.4 is 9.80 Å². The molecule has 0 radical (unpaired) electrons. The first-order valence-electron chi connectivity index (χ1n) is 29.3. The predicted octanol–water partition coefficient (Wildman–Crippen LogP) is 23.0. The van der Waals surface area contributed by atoms with Gasteiger partial charge in [0.25, 0.3) is 0 Å². The number of hydrogen-bond acceptors (Lipinski definition) is 4. The lowest BCUT2D eigenvalue weighted by molar-refractivity contribution is 0.377. The smallest absolute Gasteiger partial charge is 0.159 e. The lowest BCUT2D eigenvalue weighted by Crippen LogP contribution is -2.42. The third-order valence-corrected chi connectivity index (χ3v) is 17.7. The SMILES string of the molecule is CC(C)c1cc2ccc3c(N(c4cc(-c5ccccc5)ccc4-c4ccccc4)c4cccc5c4oc4ccccc45)cc(N(c4cc(-c5ccccc5)ccc4-c4ccccc4)C4(C)CC=Cc5c4oc4ccccc54)c4ccc(c1)c2c34. The number of rotatable bonds is 11. The van der Waals surface area contributed by atoms with Gasteiger partial charge in [0.1, 0.15) is 22.5 Å². The number of fused-ring (bicyclic) bond motifs is 6. The van der Waals surface area contributed by atoms with Crippen LogP contribution in [0.3, 0.4) is 0 Å². The highest BCUT2D eigenvalue weighted by Crippen LogP contribution is 2.57. The number of para-hydroxylation sites is 3. The summed E-state index contributed by atoms with van der Waals surface area (Å²) in [5.41, 5.74) is 18.2. The third-order valence-electron chi connectivity index (χ3n) is 17.7. The highest BCUT2D eigenvalue weighted by Gasteiger charge is 2.44. The number of anilines is 5. The maximum absolute atomic E-state index is 7.35. The average Bonchev–Trinajstić information content (AvgIpc) is 2.09. The second-order valence-electron chi connectivity index (χ2n) is 23.1. The van der Waals surface area contributed by atoms with E-state index in [2.05, 4.69) is 310 Å². The van der Waals surface area contributed by atoms with Crippen molar-refractivity contribution in [2.24, 2.45) is 0 Å². The Morgan fingerprint density at radius 1 is 0.381 bits per heavy atom. The molecule has 15 aromatic rings. The Morgan fingerprint density at radius 2 is 0.905 bits per heavy atom. The normalized spacial score (nSPS) is 14.2.